The quantitative estimate of drug-likeness (QED) is 0.178. The predicted octanol–water partition coefficient (Wildman–Crippen LogP) is 5.75. The van der Waals surface area contributed by atoms with Crippen molar-refractivity contribution in [2.75, 3.05) is 20.3 Å². The molecule has 0 saturated carbocycles. The first kappa shape index (κ1) is 37.4. The van der Waals surface area contributed by atoms with Gasteiger partial charge in [0, 0.05) is 43.8 Å². The first-order valence-corrected chi connectivity index (χ1v) is 18.2. The molecular weight excluding hydrogens is 708 g/mol. The van der Waals surface area contributed by atoms with Gasteiger partial charge in [0.25, 0.3) is 5.91 Å². The lowest BCUT2D eigenvalue weighted by molar-refractivity contribution is -0.144. The lowest BCUT2D eigenvalue weighted by Crippen LogP contribution is -2.59. The zero-order chi connectivity index (χ0) is 39.0. The van der Waals surface area contributed by atoms with Crippen LogP contribution in [0.4, 0.5) is 8.78 Å². The number of rotatable bonds is 10. The summed E-state index contributed by atoms with van der Waals surface area (Å²) in [5.74, 6) is -4.20. The number of halogens is 2. The molecule has 1 fully saturated rings. The molecule has 12 nitrogen and oxygen atoms in total. The number of benzene rings is 3. The Kier molecular flexibility index (Phi) is 10.2. The number of nitrogens with one attached hydrogen (secondary N) is 1. The Morgan fingerprint density at radius 2 is 1.87 bits per heavy atom. The molecule has 0 bridgehead atoms. The van der Waals surface area contributed by atoms with Gasteiger partial charge in [-0.15, -0.1) is 0 Å². The predicted molar refractivity (Wildman–Crippen MR) is 198 cm³/mol. The number of carbonyl (C=O) groups excluding carboxylic acids is 3. The van der Waals surface area contributed by atoms with Gasteiger partial charge < -0.3 is 19.7 Å². The van der Waals surface area contributed by atoms with Gasteiger partial charge in [-0.2, -0.15) is 15.5 Å². The maximum Gasteiger partial charge on any atom is 0.315 e. The van der Waals surface area contributed by atoms with Crippen LogP contribution in [0.5, 0.6) is 0 Å². The molecule has 55 heavy (non-hydrogen) atoms. The van der Waals surface area contributed by atoms with Gasteiger partial charge >= 0.3 is 5.97 Å². The van der Waals surface area contributed by atoms with E-state index >= 15 is 4.39 Å². The summed E-state index contributed by atoms with van der Waals surface area (Å²) in [7, 11) is 2.96. The van der Waals surface area contributed by atoms with Crippen molar-refractivity contribution >= 4 is 28.7 Å². The number of nitriles is 1. The van der Waals surface area contributed by atoms with Crippen molar-refractivity contribution in [3.8, 4) is 17.2 Å². The molecule has 14 heteroatoms. The molecule has 7 rings (SSSR count). The highest BCUT2D eigenvalue weighted by Gasteiger charge is 2.43. The van der Waals surface area contributed by atoms with Crippen LogP contribution in [0.25, 0.3) is 22.0 Å². The van der Waals surface area contributed by atoms with Crippen LogP contribution in [0.3, 0.4) is 0 Å². The lowest BCUT2D eigenvalue weighted by atomic mass is 9.81. The van der Waals surface area contributed by atoms with Crippen LogP contribution in [0.2, 0.25) is 0 Å². The summed E-state index contributed by atoms with van der Waals surface area (Å²) in [6, 6.07) is 12.9. The van der Waals surface area contributed by atoms with Gasteiger partial charge in [-0.3, -0.25) is 19.1 Å². The molecule has 3 aromatic carbocycles. The fraction of sp³-hybridized carbons (Fsp3) is 0.366. The second-order valence-corrected chi connectivity index (χ2v) is 14.6. The molecule has 2 aromatic heterocycles. The van der Waals surface area contributed by atoms with Gasteiger partial charge in [0.2, 0.25) is 5.91 Å². The summed E-state index contributed by atoms with van der Waals surface area (Å²) in [6.45, 7) is 3.98. The molecular formula is C41H41F2N7O5. The summed E-state index contributed by atoms with van der Waals surface area (Å²) in [4.78, 5) is 43.4. The number of amides is 2. The van der Waals surface area contributed by atoms with E-state index in [2.05, 4.69) is 21.6 Å². The first-order chi connectivity index (χ1) is 26.4. The normalized spacial score (nSPS) is 17.0. The number of fused-ring (bicyclic) bond motifs is 2. The van der Waals surface area contributed by atoms with Crippen LogP contribution >= 0.6 is 0 Å². The van der Waals surface area contributed by atoms with Crippen molar-refractivity contribution in [1.82, 2.24) is 29.8 Å². The Labute approximate surface area is 316 Å². The zero-order valence-corrected chi connectivity index (χ0v) is 31.0. The van der Waals surface area contributed by atoms with E-state index in [4.69, 9.17) is 9.47 Å². The highest BCUT2D eigenvalue weighted by Crippen LogP contribution is 2.38. The Hall–Kier alpha value is -5.94. The summed E-state index contributed by atoms with van der Waals surface area (Å²) < 4.78 is 44.2. The van der Waals surface area contributed by atoms with Crippen molar-refractivity contribution in [2.45, 2.75) is 69.7 Å². The zero-order valence-electron chi connectivity index (χ0n) is 31.0. The van der Waals surface area contributed by atoms with E-state index in [1.165, 1.54) is 42.3 Å². The second kappa shape index (κ2) is 15.1. The topological polar surface area (TPSA) is 144 Å². The molecule has 2 aliphatic heterocycles. The largest absolute Gasteiger partial charge is 0.468 e. The Bertz CT molecular complexity index is 2320. The van der Waals surface area contributed by atoms with Crippen LogP contribution in [-0.2, 0) is 39.0 Å². The van der Waals surface area contributed by atoms with E-state index < -0.39 is 46.9 Å². The maximum absolute atomic E-state index is 15.9. The highest BCUT2D eigenvalue weighted by molar-refractivity contribution is 6.02. The SMILES string of the molecule is COC(=O)C(c1ccc(F)cc1)C(C)(C)NC(=O)[C@@H](Cc1cnn(C)c1)N1CCc2c(-c3cc4cnn(C5CCCCO5)c4cc3C#N)ccc(F)c2C1=O. The first-order valence-electron chi connectivity index (χ1n) is 18.2. The van der Waals surface area contributed by atoms with Gasteiger partial charge in [0.05, 0.1) is 47.8 Å². The van der Waals surface area contributed by atoms with Gasteiger partial charge in [0.1, 0.15) is 23.6 Å². The molecule has 4 heterocycles. The summed E-state index contributed by atoms with van der Waals surface area (Å²) in [5.41, 5.74) is 2.21. The number of aryl methyl sites for hydroxylation is 1. The van der Waals surface area contributed by atoms with E-state index in [1.54, 1.807) is 61.0 Å². The smallest absolute Gasteiger partial charge is 0.315 e. The van der Waals surface area contributed by atoms with Crippen LogP contribution in [-0.4, -0.2) is 74.1 Å². The van der Waals surface area contributed by atoms with Gasteiger partial charge in [-0.1, -0.05) is 18.2 Å². The molecule has 0 spiro atoms. The summed E-state index contributed by atoms with van der Waals surface area (Å²) in [6.07, 6.45) is 7.82. The lowest BCUT2D eigenvalue weighted by Gasteiger charge is -2.39. The number of esters is 1. The van der Waals surface area contributed by atoms with Crippen LogP contribution in [0.15, 0.2) is 67.1 Å². The number of methoxy groups -OCH3 is 1. The van der Waals surface area contributed by atoms with E-state index in [0.29, 0.717) is 40.0 Å². The number of carbonyl (C=O) groups is 3. The molecule has 3 atom stereocenters. The standard InChI is InChI=1S/C41H41F2N7O5/c1-41(2,37(40(53)54-4)25-8-10-28(42)11-9-25)47-38(51)34(17-24-21-45-48(3)23-24)49-15-14-30-29(12-13-32(43)36(30)39(49)52)31-18-27-22-46-50(33(27)19-26(31)20-44)35-7-5-6-16-55-35/h8-13,18-19,21-23,34-35,37H,5-7,14-17H2,1-4H3,(H,47,51)/t34-,35?,37?/m1/s1. The Balaban J connectivity index is 1.24. The van der Waals surface area contributed by atoms with Crippen molar-refractivity contribution in [1.29, 1.82) is 5.26 Å². The molecule has 1 saturated heterocycles. The third-order valence-corrected chi connectivity index (χ3v) is 10.6. The third kappa shape index (κ3) is 7.19. The van der Waals surface area contributed by atoms with E-state index in [9.17, 15) is 24.0 Å². The number of aromatic nitrogens is 4. The molecule has 2 aliphatic rings. The summed E-state index contributed by atoms with van der Waals surface area (Å²) in [5, 5.41) is 22.8. The van der Waals surface area contributed by atoms with Crippen LogP contribution in [0.1, 0.15) is 77.9 Å². The number of ether oxygens (including phenoxy) is 2. The molecule has 1 N–H and O–H groups in total. The monoisotopic (exact) mass is 749 g/mol. The molecule has 2 unspecified atom stereocenters. The van der Waals surface area contributed by atoms with Gasteiger partial charge in [0.15, 0.2) is 6.23 Å². The second-order valence-electron chi connectivity index (χ2n) is 14.6. The molecule has 2 amide bonds. The Morgan fingerprint density at radius 3 is 2.55 bits per heavy atom. The third-order valence-electron chi connectivity index (χ3n) is 10.6. The van der Waals surface area contributed by atoms with E-state index in [0.717, 1.165) is 30.2 Å². The van der Waals surface area contributed by atoms with Crippen LogP contribution < -0.4 is 5.32 Å². The van der Waals surface area contributed by atoms with E-state index in [-0.39, 0.29) is 31.2 Å². The number of hydrogen-bond donors (Lipinski definition) is 1. The van der Waals surface area contributed by atoms with Crippen molar-refractivity contribution in [3.63, 3.8) is 0 Å². The Morgan fingerprint density at radius 1 is 1.09 bits per heavy atom. The van der Waals surface area contributed by atoms with Crippen LogP contribution in [0, 0.1) is 23.0 Å². The minimum Gasteiger partial charge on any atom is -0.468 e. The highest BCUT2D eigenvalue weighted by atomic mass is 19.1. The van der Waals surface area contributed by atoms with Crippen molar-refractivity contribution < 1.29 is 32.6 Å². The minimum absolute atomic E-state index is 0.0432. The minimum atomic E-state index is -1.28. The van der Waals surface area contributed by atoms with Crippen molar-refractivity contribution in [3.05, 3.63) is 107 Å². The van der Waals surface area contributed by atoms with Crippen molar-refractivity contribution in [2.24, 2.45) is 7.05 Å². The maximum atomic E-state index is 15.9. The number of nitrogens with zero attached hydrogens (tertiary/aromatic N) is 6. The molecule has 5 aromatic rings. The number of hydrogen-bond acceptors (Lipinski definition) is 8. The van der Waals surface area contributed by atoms with Gasteiger partial charge in [-0.05, 0) is 92.1 Å². The molecule has 0 radical (unpaired) electrons. The molecule has 0 aliphatic carbocycles. The average molecular weight is 750 g/mol. The molecule has 284 valence electrons. The summed E-state index contributed by atoms with van der Waals surface area (Å²) >= 11 is 0. The fourth-order valence-electron chi connectivity index (χ4n) is 7.93. The fourth-order valence-corrected chi connectivity index (χ4v) is 7.93. The average Bonchev–Trinajstić information content (AvgIpc) is 3.79. The van der Waals surface area contributed by atoms with Gasteiger partial charge in [-0.25, -0.2) is 13.5 Å². The van der Waals surface area contributed by atoms with E-state index in [1.807, 2.05) is 6.07 Å².